The van der Waals surface area contributed by atoms with Crippen molar-refractivity contribution in [1.29, 1.82) is 0 Å². The lowest BCUT2D eigenvalue weighted by Crippen LogP contribution is -2.20. The first-order chi connectivity index (χ1) is 6.08. The van der Waals surface area contributed by atoms with Crippen LogP contribution in [0.15, 0.2) is 0 Å². The molecule has 1 aliphatic carbocycles. The zero-order chi connectivity index (χ0) is 9.90. The zero-order valence-corrected chi connectivity index (χ0v) is 8.62. The molecule has 2 nitrogen and oxygen atoms in total. The Hall–Kier alpha value is -0.370. The lowest BCUT2D eigenvalue weighted by atomic mass is 9.82. The van der Waals surface area contributed by atoms with Crippen LogP contribution in [0.5, 0.6) is 0 Å². The van der Waals surface area contributed by atoms with E-state index in [1.807, 2.05) is 0 Å². The highest BCUT2D eigenvalue weighted by atomic mass is 16.3. The molecule has 0 aromatic carbocycles. The molecule has 3 unspecified atom stereocenters. The minimum atomic E-state index is -0.271. The van der Waals surface area contributed by atoms with Gasteiger partial charge in [0.25, 0.3) is 0 Å². The second-order valence-corrected chi connectivity index (χ2v) is 4.72. The van der Waals surface area contributed by atoms with Gasteiger partial charge in [0, 0.05) is 5.41 Å². The van der Waals surface area contributed by atoms with Crippen LogP contribution in [0.25, 0.3) is 0 Å². The molecule has 76 valence electrons. The number of hydrogen-bond acceptors (Lipinski definition) is 2. The van der Waals surface area contributed by atoms with Crippen molar-refractivity contribution in [3.63, 3.8) is 0 Å². The van der Waals surface area contributed by atoms with Crippen molar-refractivity contribution in [3.05, 3.63) is 0 Å². The average molecular weight is 184 g/mol. The Morgan fingerprint density at radius 1 is 1.69 bits per heavy atom. The number of carbonyl (C=O) groups is 1. The molecule has 1 aliphatic rings. The fraction of sp³-hybridized carbons (Fsp3) is 0.909. The fourth-order valence-electron chi connectivity index (χ4n) is 2.32. The summed E-state index contributed by atoms with van der Waals surface area (Å²) < 4.78 is 0. The highest BCUT2D eigenvalue weighted by molar-refractivity contribution is 5.59. The Labute approximate surface area is 80.3 Å². The second-order valence-electron chi connectivity index (χ2n) is 4.72. The predicted molar refractivity (Wildman–Crippen MR) is 52.4 cm³/mol. The van der Waals surface area contributed by atoms with Crippen molar-refractivity contribution in [2.45, 2.75) is 52.1 Å². The van der Waals surface area contributed by atoms with E-state index in [0.717, 1.165) is 32.0 Å². The van der Waals surface area contributed by atoms with E-state index < -0.39 is 0 Å². The summed E-state index contributed by atoms with van der Waals surface area (Å²) in [5, 5.41) is 9.17. The number of aldehydes is 1. The van der Waals surface area contributed by atoms with Gasteiger partial charge in [0.2, 0.25) is 0 Å². The molecule has 0 bridgehead atoms. The van der Waals surface area contributed by atoms with E-state index in [4.69, 9.17) is 0 Å². The van der Waals surface area contributed by atoms with E-state index in [-0.39, 0.29) is 11.5 Å². The average Bonchev–Trinajstić information content (AvgIpc) is 2.45. The van der Waals surface area contributed by atoms with E-state index in [2.05, 4.69) is 6.92 Å². The number of aliphatic hydroxyl groups excluding tert-OH is 1. The molecule has 0 saturated heterocycles. The van der Waals surface area contributed by atoms with Crippen LogP contribution < -0.4 is 0 Å². The summed E-state index contributed by atoms with van der Waals surface area (Å²) in [6, 6.07) is 0. The van der Waals surface area contributed by atoms with Gasteiger partial charge in [-0.1, -0.05) is 6.92 Å². The summed E-state index contributed by atoms with van der Waals surface area (Å²) in [5.41, 5.74) is -0.101. The van der Waals surface area contributed by atoms with Crippen LogP contribution in [0, 0.1) is 11.3 Å². The lowest BCUT2D eigenvalue weighted by molar-refractivity contribution is -0.116. The van der Waals surface area contributed by atoms with Gasteiger partial charge in [0.1, 0.15) is 6.29 Å². The number of carbonyl (C=O) groups excluding carboxylic acids is 1. The minimum Gasteiger partial charge on any atom is -0.393 e. The van der Waals surface area contributed by atoms with Crippen LogP contribution >= 0.6 is 0 Å². The SMILES string of the molecule is CC(O)CCC1(C=O)CCC(C)C1. The van der Waals surface area contributed by atoms with Gasteiger partial charge in [0.05, 0.1) is 6.10 Å². The number of aliphatic hydroxyl groups is 1. The zero-order valence-electron chi connectivity index (χ0n) is 8.62. The summed E-state index contributed by atoms with van der Waals surface area (Å²) in [4.78, 5) is 11.0. The summed E-state index contributed by atoms with van der Waals surface area (Å²) >= 11 is 0. The third-order valence-electron chi connectivity index (χ3n) is 3.20. The van der Waals surface area contributed by atoms with E-state index in [1.54, 1.807) is 6.92 Å². The van der Waals surface area contributed by atoms with E-state index in [9.17, 15) is 9.90 Å². The molecule has 0 amide bonds. The Morgan fingerprint density at radius 2 is 2.38 bits per heavy atom. The van der Waals surface area contributed by atoms with Crippen molar-refractivity contribution in [1.82, 2.24) is 0 Å². The van der Waals surface area contributed by atoms with Crippen molar-refractivity contribution in [2.75, 3.05) is 0 Å². The van der Waals surface area contributed by atoms with Gasteiger partial charge >= 0.3 is 0 Å². The van der Waals surface area contributed by atoms with Gasteiger partial charge in [-0.25, -0.2) is 0 Å². The first-order valence-electron chi connectivity index (χ1n) is 5.22. The largest absolute Gasteiger partial charge is 0.393 e. The van der Waals surface area contributed by atoms with Crippen LogP contribution in [-0.4, -0.2) is 17.5 Å². The number of rotatable bonds is 4. The molecule has 0 radical (unpaired) electrons. The van der Waals surface area contributed by atoms with Crippen LogP contribution in [0.3, 0.4) is 0 Å². The topological polar surface area (TPSA) is 37.3 Å². The summed E-state index contributed by atoms with van der Waals surface area (Å²) in [5.74, 6) is 0.680. The van der Waals surface area contributed by atoms with Crippen LogP contribution in [0.4, 0.5) is 0 Å². The van der Waals surface area contributed by atoms with Gasteiger partial charge in [0.15, 0.2) is 0 Å². The van der Waals surface area contributed by atoms with E-state index in [0.29, 0.717) is 5.92 Å². The minimum absolute atomic E-state index is 0.101. The van der Waals surface area contributed by atoms with E-state index in [1.165, 1.54) is 6.42 Å². The fourth-order valence-corrected chi connectivity index (χ4v) is 2.32. The van der Waals surface area contributed by atoms with Crippen LogP contribution in [0.1, 0.15) is 46.0 Å². The quantitative estimate of drug-likeness (QED) is 0.680. The first-order valence-corrected chi connectivity index (χ1v) is 5.22. The molecule has 1 rings (SSSR count). The third-order valence-corrected chi connectivity index (χ3v) is 3.20. The maximum absolute atomic E-state index is 11.0. The Bertz CT molecular complexity index is 177. The lowest BCUT2D eigenvalue weighted by Gasteiger charge is -2.22. The van der Waals surface area contributed by atoms with Crippen molar-refractivity contribution < 1.29 is 9.90 Å². The molecule has 0 aromatic rings. The van der Waals surface area contributed by atoms with Crippen molar-refractivity contribution >= 4 is 6.29 Å². The highest BCUT2D eigenvalue weighted by Crippen LogP contribution is 2.43. The van der Waals surface area contributed by atoms with Gasteiger partial charge in [-0.15, -0.1) is 0 Å². The molecule has 1 saturated carbocycles. The van der Waals surface area contributed by atoms with Gasteiger partial charge in [-0.05, 0) is 44.9 Å². The summed E-state index contributed by atoms with van der Waals surface area (Å²) in [6.45, 7) is 3.99. The van der Waals surface area contributed by atoms with Crippen molar-refractivity contribution in [3.8, 4) is 0 Å². The smallest absolute Gasteiger partial charge is 0.126 e. The standard InChI is InChI=1S/C11H20O2/c1-9-3-5-11(7-9,8-12)6-4-10(2)13/h8-10,13H,3-7H2,1-2H3. The molecule has 3 atom stereocenters. The molecule has 0 spiro atoms. The normalized spacial score (nSPS) is 36.1. The first kappa shape index (κ1) is 10.7. The predicted octanol–water partition coefficient (Wildman–Crippen LogP) is 2.15. The molecule has 13 heavy (non-hydrogen) atoms. The Morgan fingerprint density at radius 3 is 2.77 bits per heavy atom. The molecule has 0 aliphatic heterocycles. The van der Waals surface area contributed by atoms with Gasteiger partial charge < -0.3 is 9.90 Å². The Kier molecular flexibility index (Phi) is 3.48. The maximum atomic E-state index is 11.0. The summed E-state index contributed by atoms with van der Waals surface area (Å²) in [6.07, 6.45) is 5.67. The molecule has 0 aromatic heterocycles. The number of hydrogen-bond donors (Lipinski definition) is 1. The molecule has 1 fully saturated rings. The van der Waals surface area contributed by atoms with E-state index >= 15 is 0 Å². The molecule has 1 N–H and O–H groups in total. The highest BCUT2D eigenvalue weighted by Gasteiger charge is 2.36. The maximum Gasteiger partial charge on any atom is 0.126 e. The molecular formula is C11H20O2. The van der Waals surface area contributed by atoms with Gasteiger partial charge in [-0.2, -0.15) is 0 Å². The Balaban J connectivity index is 2.46. The third kappa shape index (κ3) is 2.80. The molecule has 2 heteroatoms. The van der Waals surface area contributed by atoms with Crippen LogP contribution in [-0.2, 0) is 4.79 Å². The van der Waals surface area contributed by atoms with Gasteiger partial charge in [-0.3, -0.25) is 0 Å². The summed E-state index contributed by atoms with van der Waals surface area (Å²) in [7, 11) is 0. The second kappa shape index (κ2) is 4.23. The monoisotopic (exact) mass is 184 g/mol. The van der Waals surface area contributed by atoms with Crippen LogP contribution in [0.2, 0.25) is 0 Å². The van der Waals surface area contributed by atoms with Crippen molar-refractivity contribution in [2.24, 2.45) is 11.3 Å². The molecular weight excluding hydrogens is 164 g/mol. The molecule has 0 heterocycles.